The minimum absolute atomic E-state index is 0.0144. The van der Waals surface area contributed by atoms with Gasteiger partial charge in [-0.1, -0.05) is 18.2 Å². The lowest BCUT2D eigenvalue weighted by molar-refractivity contribution is 0.00935. The smallest absolute Gasteiger partial charge is 0.196 e. The number of fused-ring (bicyclic) bond motifs is 1. The molecular formula is C34H30BrF2N5O4S. The molecule has 0 bridgehead atoms. The molecule has 1 aliphatic heterocycles. The van der Waals surface area contributed by atoms with E-state index >= 15 is 4.39 Å². The highest BCUT2D eigenvalue weighted by molar-refractivity contribution is 9.10. The van der Waals surface area contributed by atoms with Crippen molar-refractivity contribution >= 4 is 48.2 Å². The van der Waals surface area contributed by atoms with Crippen LogP contribution < -0.4 is 10.1 Å². The summed E-state index contributed by atoms with van der Waals surface area (Å²) in [6.07, 6.45) is 6.54. The van der Waals surface area contributed by atoms with E-state index in [4.69, 9.17) is 9.47 Å². The van der Waals surface area contributed by atoms with E-state index in [9.17, 15) is 12.8 Å². The van der Waals surface area contributed by atoms with Crippen LogP contribution >= 0.6 is 15.9 Å². The molecule has 6 rings (SSSR count). The molecule has 5 aromatic rings. The largest absolute Gasteiger partial charge is 0.489 e. The number of likely N-dealkylation sites (N-methyl/N-ethyl adjacent to an activating group) is 1. The molecule has 2 aromatic heterocycles. The number of ether oxygens (including phenoxy) is 2. The summed E-state index contributed by atoms with van der Waals surface area (Å²) in [4.78, 5) is 14.5. The maximum absolute atomic E-state index is 15.8. The quantitative estimate of drug-likeness (QED) is 0.147. The van der Waals surface area contributed by atoms with Crippen molar-refractivity contribution in [2.75, 3.05) is 31.2 Å². The first kappa shape index (κ1) is 32.5. The maximum atomic E-state index is 15.8. The summed E-state index contributed by atoms with van der Waals surface area (Å²) >= 11 is 3.54. The van der Waals surface area contributed by atoms with E-state index in [2.05, 4.69) is 36.2 Å². The van der Waals surface area contributed by atoms with Gasteiger partial charge in [-0.05, 0) is 83.1 Å². The number of pyridine rings is 1. The molecule has 1 atom stereocenters. The zero-order chi connectivity index (χ0) is 33.0. The van der Waals surface area contributed by atoms with Crippen molar-refractivity contribution in [3.63, 3.8) is 0 Å². The molecule has 3 heterocycles. The molecule has 1 aliphatic rings. The second kappa shape index (κ2) is 13.7. The van der Waals surface area contributed by atoms with E-state index in [1.165, 1.54) is 43.1 Å². The Morgan fingerprint density at radius 1 is 1.04 bits per heavy atom. The van der Waals surface area contributed by atoms with Crippen molar-refractivity contribution in [3.05, 3.63) is 125 Å². The lowest BCUT2D eigenvalue weighted by Gasteiger charge is -2.34. The first-order valence-electron chi connectivity index (χ1n) is 14.7. The zero-order valence-electron chi connectivity index (χ0n) is 25.2. The van der Waals surface area contributed by atoms with Crippen LogP contribution in [0.2, 0.25) is 0 Å². The third kappa shape index (κ3) is 7.42. The molecule has 0 saturated carbocycles. The normalized spacial score (nSPS) is 16.0. The molecule has 13 heteroatoms. The highest BCUT2D eigenvalue weighted by Gasteiger charge is 2.39. The molecule has 0 fully saturated rings. The predicted molar refractivity (Wildman–Crippen MR) is 178 cm³/mol. The molecule has 0 radical (unpaired) electrons. The molecule has 1 unspecified atom stereocenters. The van der Waals surface area contributed by atoms with Crippen molar-refractivity contribution in [2.24, 2.45) is 0 Å². The van der Waals surface area contributed by atoms with Crippen LogP contribution in [-0.4, -0.2) is 54.2 Å². The van der Waals surface area contributed by atoms with E-state index in [1.54, 1.807) is 43.4 Å². The molecule has 242 valence electrons. The lowest BCUT2D eigenvalue weighted by atomic mass is 9.89. The van der Waals surface area contributed by atoms with Crippen LogP contribution in [0.1, 0.15) is 17.5 Å². The van der Waals surface area contributed by atoms with Crippen molar-refractivity contribution in [2.45, 2.75) is 23.7 Å². The average molecular weight is 723 g/mol. The van der Waals surface area contributed by atoms with Crippen LogP contribution in [0, 0.1) is 11.6 Å². The van der Waals surface area contributed by atoms with Gasteiger partial charge in [0.05, 0.1) is 22.0 Å². The van der Waals surface area contributed by atoms with Crippen molar-refractivity contribution in [1.82, 2.24) is 19.9 Å². The number of benzene rings is 3. The first-order valence-corrected chi connectivity index (χ1v) is 17.1. The van der Waals surface area contributed by atoms with E-state index < -0.39 is 21.3 Å². The molecule has 0 saturated heterocycles. The molecule has 0 aliphatic carbocycles. The molecule has 9 nitrogen and oxygen atoms in total. The summed E-state index contributed by atoms with van der Waals surface area (Å²) in [5.74, 6) is 0.0403. The van der Waals surface area contributed by atoms with Gasteiger partial charge in [-0.25, -0.2) is 32.2 Å². The fourth-order valence-corrected chi connectivity index (χ4v) is 7.16. The first-order chi connectivity index (χ1) is 22.6. The van der Waals surface area contributed by atoms with Gasteiger partial charge in [0.1, 0.15) is 36.1 Å². The summed E-state index contributed by atoms with van der Waals surface area (Å²) in [7, 11) is -1.83. The number of nitrogens with one attached hydrogen (secondary N) is 1. The lowest BCUT2D eigenvalue weighted by Crippen LogP contribution is -2.41. The predicted octanol–water partition coefficient (Wildman–Crippen LogP) is 6.92. The van der Waals surface area contributed by atoms with Gasteiger partial charge in [0.15, 0.2) is 20.5 Å². The molecule has 0 amide bonds. The van der Waals surface area contributed by atoms with Gasteiger partial charge in [-0.3, -0.25) is 0 Å². The number of aromatic nitrogens is 3. The Labute approximate surface area is 279 Å². The van der Waals surface area contributed by atoms with Crippen LogP contribution in [0.15, 0.2) is 107 Å². The molecule has 0 spiro atoms. The number of sulfone groups is 1. The Morgan fingerprint density at radius 3 is 2.66 bits per heavy atom. The molecule has 3 aromatic carbocycles. The van der Waals surface area contributed by atoms with E-state index in [-0.39, 0.29) is 36.3 Å². The Balaban J connectivity index is 1.22. The number of rotatable bonds is 12. The number of hydrogen-bond acceptors (Lipinski definition) is 9. The van der Waals surface area contributed by atoms with Gasteiger partial charge in [0, 0.05) is 48.4 Å². The Hall–Kier alpha value is -4.46. The van der Waals surface area contributed by atoms with Gasteiger partial charge in [0.25, 0.3) is 0 Å². The van der Waals surface area contributed by atoms with Gasteiger partial charge >= 0.3 is 0 Å². The minimum atomic E-state index is -3.60. The standard InChI is InChI=1S/C34H30BrF2N5O4S/c1-42(13-15-47(43,44)32-8-2-3-12-38-32)21-34(11-5-14-46-34)27-18-26-30(19-29(27)37)39-22-40-33(26)41-25-9-10-31(28(35)17-25)45-20-23-6-4-7-24(36)16-23/h2-10,12,14,16-19,22H,11,13,15,20-21H2,1H3,(H,39,40,41). The van der Waals surface area contributed by atoms with Gasteiger partial charge < -0.3 is 19.7 Å². The fraction of sp³-hybridized carbons (Fsp3) is 0.206. The highest BCUT2D eigenvalue weighted by Crippen LogP contribution is 2.40. The second-order valence-corrected chi connectivity index (χ2v) is 14.1. The summed E-state index contributed by atoms with van der Waals surface area (Å²) in [5, 5.41) is 3.88. The van der Waals surface area contributed by atoms with Crippen LogP contribution in [0.5, 0.6) is 5.75 Å². The monoisotopic (exact) mass is 721 g/mol. The van der Waals surface area contributed by atoms with Gasteiger partial charge in [-0.15, -0.1) is 0 Å². The fourth-order valence-electron chi connectivity index (χ4n) is 5.40. The summed E-state index contributed by atoms with van der Waals surface area (Å²) in [6.45, 7) is 0.606. The summed E-state index contributed by atoms with van der Waals surface area (Å²) < 4.78 is 67.6. The van der Waals surface area contributed by atoms with Gasteiger partial charge in [-0.2, -0.15) is 0 Å². The van der Waals surface area contributed by atoms with E-state index in [1.807, 2.05) is 23.1 Å². The number of nitrogens with zero attached hydrogens (tertiary/aromatic N) is 4. The zero-order valence-corrected chi connectivity index (χ0v) is 27.6. The van der Waals surface area contributed by atoms with Crippen molar-refractivity contribution in [1.29, 1.82) is 0 Å². The average Bonchev–Trinajstić information content (AvgIpc) is 3.53. The Kier molecular flexibility index (Phi) is 9.48. The summed E-state index contributed by atoms with van der Waals surface area (Å²) in [6, 6.07) is 19.4. The van der Waals surface area contributed by atoms with Gasteiger partial charge in [0.2, 0.25) is 0 Å². The maximum Gasteiger partial charge on any atom is 0.196 e. The minimum Gasteiger partial charge on any atom is -0.489 e. The molecule has 1 N–H and O–H groups in total. The number of anilines is 2. The van der Waals surface area contributed by atoms with Crippen LogP contribution in [-0.2, 0) is 26.8 Å². The second-order valence-electron chi connectivity index (χ2n) is 11.2. The van der Waals surface area contributed by atoms with E-state index in [0.29, 0.717) is 50.2 Å². The Morgan fingerprint density at radius 2 is 1.91 bits per heavy atom. The van der Waals surface area contributed by atoms with Crippen LogP contribution in [0.4, 0.5) is 20.3 Å². The number of halogens is 3. The molecule has 47 heavy (non-hydrogen) atoms. The highest BCUT2D eigenvalue weighted by atomic mass is 79.9. The van der Waals surface area contributed by atoms with E-state index in [0.717, 1.165) is 0 Å². The van der Waals surface area contributed by atoms with Crippen molar-refractivity contribution in [3.8, 4) is 5.75 Å². The van der Waals surface area contributed by atoms with Crippen molar-refractivity contribution < 1.29 is 26.7 Å². The van der Waals surface area contributed by atoms with Crippen LogP contribution in [0.3, 0.4) is 0 Å². The van der Waals surface area contributed by atoms with Crippen LogP contribution in [0.25, 0.3) is 10.9 Å². The summed E-state index contributed by atoms with van der Waals surface area (Å²) in [5.41, 5.74) is 0.986. The third-order valence-corrected chi connectivity index (χ3v) is 9.97. The SMILES string of the molecule is CN(CCS(=O)(=O)c1ccccn1)CC1(c2cc3c(Nc4ccc(OCc5cccc(F)c5)c(Br)c4)ncnc3cc2F)CC=CO1. The third-order valence-electron chi connectivity index (χ3n) is 7.75. The number of hydrogen-bond donors (Lipinski definition) is 1. The Bertz CT molecular complexity index is 2040. The topological polar surface area (TPSA) is 107 Å². The molecular weight excluding hydrogens is 692 g/mol.